The van der Waals surface area contributed by atoms with Crippen LogP contribution in [0.5, 0.6) is 11.6 Å². The van der Waals surface area contributed by atoms with Gasteiger partial charge >= 0.3 is 12.1 Å². The summed E-state index contributed by atoms with van der Waals surface area (Å²) in [7, 11) is 0. The molecule has 5 rings (SSSR count). The number of halogens is 3. The Morgan fingerprint density at radius 1 is 0.860 bits per heavy atom. The lowest BCUT2D eigenvalue weighted by Gasteiger charge is -2.22. The zero-order valence-electron chi connectivity index (χ0n) is 23.8. The number of benzene rings is 4. The SMILES string of the molecule is Cc1cc(C)cc(C(=Nc2cccc(-c3cccc(C(C)(C)C(=O)O)c3O)c2)c2c(O)[nH]c3cc(C(F)(F)F)ccc23)c1. The molecule has 43 heavy (non-hydrogen) atoms. The molecule has 6 nitrogen and oxygen atoms in total. The highest BCUT2D eigenvalue weighted by molar-refractivity contribution is 6.22. The predicted octanol–water partition coefficient (Wildman–Crippen LogP) is 8.41. The van der Waals surface area contributed by atoms with Crippen LogP contribution in [0, 0.1) is 13.8 Å². The summed E-state index contributed by atoms with van der Waals surface area (Å²) in [5.41, 5.74) is 2.66. The number of fused-ring (bicyclic) bond motifs is 1. The molecule has 0 aliphatic heterocycles. The van der Waals surface area contributed by atoms with Gasteiger partial charge in [0, 0.05) is 27.6 Å². The van der Waals surface area contributed by atoms with Crippen molar-refractivity contribution in [1.29, 1.82) is 0 Å². The minimum atomic E-state index is -4.55. The molecule has 5 aromatic rings. The molecular weight excluding hydrogens is 557 g/mol. The lowest BCUT2D eigenvalue weighted by Crippen LogP contribution is -2.28. The maximum Gasteiger partial charge on any atom is 0.416 e. The highest BCUT2D eigenvalue weighted by Gasteiger charge is 2.33. The number of hydrogen-bond acceptors (Lipinski definition) is 4. The summed E-state index contributed by atoms with van der Waals surface area (Å²) in [6.45, 7) is 6.84. The number of aryl methyl sites for hydroxylation is 2. The lowest BCUT2D eigenvalue weighted by molar-refractivity contribution is -0.142. The Morgan fingerprint density at radius 3 is 2.19 bits per heavy atom. The van der Waals surface area contributed by atoms with Crippen molar-refractivity contribution in [3.05, 3.63) is 112 Å². The van der Waals surface area contributed by atoms with E-state index in [9.17, 15) is 33.3 Å². The summed E-state index contributed by atoms with van der Waals surface area (Å²) in [5.74, 6) is -1.58. The molecule has 0 radical (unpaired) electrons. The number of H-pyrrole nitrogens is 1. The number of carbonyl (C=O) groups is 1. The quantitative estimate of drug-likeness (QED) is 0.150. The number of carboxylic acids is 1. The molecular formula is C34H29F3N2O4. The number of hydrogen-bond donors (Lipinski definition) is 4. The molecule has 0 amide bonds. The summed E-state index contributed by atoms with van der Waals surface area (Å²) < 4.78 is 40.2. The van der Waals surface area contributed by atoms with Gasteiger partial charge in [0.15, 0.2) is 5.88 Å². The minimum Gasteiger partial charge on any atom is -0.507 e. The van der Waals surface area contributed by atoms with Gasteiger partial charge < -0.3 is 20.3 Å². The molecule has 1 aromatic heterocycles. The predicted molar refractivity (Wildman–Crippen MR) is 160 cm³/mol. The van der Waals surface area contributed by atoms with Crippen molar-refractivity contribution in [2.75, 3.05) is 0 Å². The standard InChI is InChI=1S/C34H29F3N2O4/c1-18-13-19(2)15-21(14-18)29(28-25-12-11-22(34(35,36)37)17-27(25)39-31(28)41)38-23-8-5-7-20(16-23)24-9-6-10-26(30(24)40)33(3,4)32(42)43/h5-17,39-41H,1-4H3,(H,42,43). The molecule has 0 fully saturated rings. The van der Waals surface area contributed by atoms with E-state index in [2.05, 4.69) is 4.98 Å². The van der Waals surface area contributed by atoms with Crippen LogP contribution < -0.4 is 0 Å². The van der Waals surface area contributed by atoms with Gasteiger partial charge in [0.05, 0.1) is 27.9 Å². The van der Waals surface area contributed by atoms with Crippen molar-refractivity contribution < 1.29 is 33.3 Å². The first-order valence-corrected chi connectivity index (χ1v) is 13.4. The Morgan fingerprint density at radius 2 is 1.53 bits per heavy atom. The average Bonchev–Trinajstić information content (AvgIpc) is 3.25. The van der Waals surface area contributed by atoms with E-state index in [-0.39, 0.29) is 28.3 Å². The van der Waals surface area contributed by atoms with Crippen molar-refractivity contribution in [3.8, 4) is 22.8 Å². The average molecular weight is 587 g/mol. The number of rotatable bonds is 6. The van der Waals surface area contributed by atoms with Crippen LogP contribution in [0.1, 0.15) is 47.2 Å². The summed E-state index contributed by atoms with van der Waals surface area (Å²) >= 11 is 0. The number of phenols is 1. The highest BCUT2D eigenvalue weighted by Crippen LogP contribution is 2.40. The third-order valence-corrected chi connectivity index (χ3v) is 7.48. The Labute approximate surface area is 245 Å². The number of phenolic OH excluding ortho intramolecular Hbond substituents is 1. The van der Waals surface area contributed by atoms with Gasteiger partial charge in [0.25, 0.3) is 0 Å². The van der Waals surface area contributed by atoms with Crippen molar-refractivity contribution in [2.24, 2.45) is 4.99 Å². The molecule has 9 heteroatoms. The van der Waals surface area contributed by atoms with Crippen LogP contribution in [0.2, 0.25) is 0 Å². The van der Waals surface area contributed by atoms with Gasteiger partial charge in [0.1, 0.15) is 5.75 Å². The third kappa shape index (κ3) is 5.58. The van der Waals surface area contributed by atoms with E-state index in [0.29, 0.717) is 33.5 Å². The Kier molecular flexibility index (Phi) is 7.29. The first-order valence-electron chi connectivity index (χ1n) is 13.4. The fourth-order valence-corrected chi connectivity index (χ4v) is 5.24. The number of aromatic nitrogens is 1. The summed E-state index contributed by atoms with van der Waals surface area (Å²) in [6.07, 6.45) is -4.55. The minimum absolute atomic E-state index is 0.107. The molecule has 220 valence electrons. The molecule has 0 aliphatic rings. The molecule has 1 heterocycles. The number of nitrogens with zero attached hydrogens (tertiary/aromatic N) is 1. The fraction of sp³-hybridized carbons (Fsp3) is 0.176. The summed E-state index contributed by atoms with van der Waals surface area (Å²) in [5, 5.41) is 32.2. The molecule has 0 saturated carbocycles. The lowest BCUT2D eigenvalue weighted by atomic mass is 9.82. The number of para-hydroxylation sites is 1. The number of aliphatic carboxylic acids is 1. The van der Waals surface area contributed by atoms with Crippen LogP contribution in [-0.2, 0) is 16.4 Å². The van der Waals surface area contributed by atoms with Crippen LogP contribution in [0.4, 0.5) is 18.9 Å². The van der Waals surface area contributed by atoms with Crippen molar-refractivity contribution in [1.82, 2.24) is 4.98 Å². The topological polar surface area (TPSA) is 106 Å². The number of carboxylic acid groups (broad SMARTS) is 1. The Balaban J connectivity index is 1.71. The highest BCUT2D eigenvalue weighted by atomic mass is 19.4. The van der Waals surface area contributed by atoms with Gasteiger partial charge in [0.2, 0.25) is 0 Å². The monoisotopic (exact) mass is 586 g/mol. The van der Waals surface area contributed by atoms with Gasteiger partial charge in [-0.25, -0.2) is 4.99 Å². The van der Waals surface area contributed by atoms with Gasteiger partial charge in [-0.1, -0.05) is 53.6 Å². The maximum absolute atomic E-state index is 13.4. The molecule has 0 atom stereocenters. The summed E-state index contributed by atoms with van der Waals surface area (Å²) in [6, 6.07) is 20.8. The molecule has 4 N–H and O–H groups in total. The maximum atomic E-state index is 13.4. The zero-order chi connectivity index (χ0) is 31.3. The molecule has 0 spiro atoms. The summed E-state index contributed by atoms with van der Waals surface area (Å²) in [4.78, 5) is 19.4. The fourth-order valence-electron chi connectivity index (χ4n) is 5.24. The van der Waals surface area contributed by atoms with E-state index in [1.165, 1.54) is 19.9 Å². The van der Waals surface area contributed by atoms with Gasteiger partial charge in [-0.15, -0.1) is 0 Å². The molecule has 0 unspecified atom stereocenters. The normalized spacial score (nSPS) is 12.6. The van der Waals surface area contributed by atoms with Crippen LogP contribution in [0.15, 0.2) is 83.9 Å². The van der Waals surface area contributed by atoms with Gasteiger partial charge in [-0.3, -0.25) is 4.79 Å². The Bertz CT molecular complexity index is 1900. The second-order valence-electron chi connectivity index (χ2n) is 11.1. The van der Waals surface area contributed by atoms with Gasteiger partial charge in [-0.05, 0) is 69.7 Å². The number of aromatic hydroxyl groups is 2. The first kappa shape index (κ1) is 29.4. The third-order valence-electron chi connectivity index (χ3n) is 7.48. The smallest absolute Gasteiger partial charge is 0.416 e. The second-order valence-corrected chi connectivity index (χ2v) is 11.1. The van der Waals surface area contributed by atoms with E-state index in [1.54, 1.807) is 42.5 Å². The first-order chi connectivity index (χ1) is 20.2. The zero-order valence-corrected chi connectivity index (χ0v) is 23.8. The number of aromatic amines is 1. The van der Waals surface area contributed by atoms with Gasteiger partial charge in [-0.2, -0.15) is 13.2 Å². The van der Waals surface area contributed by atoms with E-state index in [1.807, 2.05) is 32.0 Å². The van der Waals surface area contributed by atoms with Crippen LogP contribution >= 0.6 is 0 Å². The van der Waals surface area contributed by atoms with Crippen molar-refractivity contribution in [2.45, 2.75) is 39.3 Å². The van der Waals surface area contributed by atoms with Crippen LogP contribution in [0.3, 0.4) is 0 Å². The number of aliphatic imine (C=N–C) groups is 1. The largest absolute Gasteiger partial charge is 0.507 e. The Hall–Kier alpha value is -5.05. The molecule has 0 bridgehead atoms. The van der Waals surface area contributed by atoms with E-state index >= 15 is 0 Å². The van der Waals surface area contributed by atoms with E-state index in [0.717, 1.165) is 23.3 Å². The number of alkyl halides is 3. The van der Waals surface area contributed by atoms with Crippen molar-refractivity contribution >= 4 is 28.3 Å². The van der Waals surface area contributed by atoms with Crippen LogP contribution in [-0.4, -0.2) is 32.0 Å². The second kappa shape index (κ2) is 10.7. The van der Waals surface area contributed by atoms with Crippen LogP contribution in [0.25, 0.3) is 22.0 Å². The molecule has 0 saturated heterocycles. The molecule has 4 aromatic carbocycles. The number of nitrogens with one attached hydrogen (secondary N) is 1. The van der Waals surface area contributed by atoms with E-state index in [4.69, 9.17) is 4.99 Å². The van der Waals surface area contributed by atoms with Crippen molar-refractivity contribution in [3.63, 3.8) is 0 Å². The molecule has 0 aliphatic carbocycles. The van der Waals surface area contributed by atoms with E-state index < -0.39 is 23.1 Å².